The maximum atomic E-state index is 12.8. The van der Waals surface area contributed by atoms with Crippen LogP contribution < -0.4 is 4.74 Å². The van der Waals surface area contributed by atoms with E-state index in [4.69, 9.17) is 9.84 Å². The molecule has 1 rings (SSSR count). The van der Waals surface area contributed by atoms with Crippen LogP contribution in [0.3, 0.4) is 0 Å². The summed E-state index contributed by atoms with van der Waals surface area (Å²) in [5.74, 6) is 0.162. The maximum absolute atomic E-state index is 12.8. The molecule has 82 valence electrons. The summed E-state index contributed by atoms with van der Waals surface area (Å²) >= 11 is 0. The van der Waals surface area contributed by atoms with Gasteiger partial charge in [-0.3, -0.25) is 0 Å². The molecule has 0 radical (unpaired) electrons. The molecule has 1 aromatic rings. The lowest BCUT2D eigenvalue weighted by molar-refractivity contribution is 0.297. The van der Waals surface area contributed by atoms with Gasteiger partial charge >= 0.3 is 0 Å². The molecule has 0 aromatic heterocycles. The lowest BCUT2D eigenvalue weighted by Gasteiger charge is -2.08. The van der Waals surface area contributed by atoms with Gasteiger partial charge < -0.3 is 9.84 Å². The Morgan fingerprint density at radius 3 is 2.93 bits per heavy atom. The third kappa shape index (κ3) is 3.36. The topological polar surface area (TPSA) is 29.5 Å². The van der Waals surface area contributed by atoms with Crippen LogP contribution in [0.4, 0.5) is 4.39 Å². The van der Waals surface area contributed by atoms with Crippen molar-refractivity contribution in [1.29, 1.82) is 0 Å². The number of hydrogen-bond acceptors (Lipinski definition) is 2. The molecule has 0 fully saturated rings. The summed E-state index contributed by atoms with van der Waals surface area (Å²) < 4.78 is 17.9. The summed E-state index contributed by atoms with van der Waals surface area (Å²) in [7, 11) is 1.59. The number of benzene rings is 1. The predicted octanol–water partition coefficient (Wildman–Crippen LogP) is 2.64. The van der Waals surface area contributed by atoms with Crippen molar-refractivity contribution in [2.75, 3.05) is 13.7 Å². The van der Waals surface area contributed by atoms with Gasteiger partial charge in [0.2, 0.25) is 0 Å². The van der Waals surface area contributed by atoms with Gasteiger partial charge in [0.25, 0.3) is 0 Å². The summed E-state index contributed by atoms with van der Waals surface area (Å²) in [6, 6.07) is 7.44. The number of allylic oxidation sites excluding steroid dienone is 1. The van der Waals surface area contributed by atoms with E-state index in [9.17, 15) is 4.39 Å². The van der Waals surface area contributed by atoms with Crippen LogP contribution in [-0.2, 0) is 0 Å². The predicted molar refractivity (Wildman–Crippen MR) is 57.7 cm³/mol. The Kier molecular flexibility index (Phi) is 4.31. The van der Waals surface area contributed by atoms with E-state index in [0.717, 1.165) is 11.3 Å². The lowest BCUT2D eigenvalue weighted by Crippen LogP contribution is -1.93. The minimum atomic E-state index is -0.547. The lowest BCUT2D eigenvalue weighted by atomic mass is 10.0. The molecule has 1 N–H and O–H groups in total. The van der Waals surface area contributed by atoms with Crippen molar-refractivity contribution in [3.8, 4) is 5.75 Å². The van der Waals surface area contributed by atoms with Gasteiger partial charge in [0.15, 0.2) is 0 Å². The molecule has 0 heterocycles. The molecule has 1 aromatic carbocycles. The first-order valence-electron chi connectivity index (χ1n) is 4.78. The molecule has 0 saturated heterocycles. The van der Waals surface area contributed by atoms with Crippen LogP contribution in [0.15, 0.2) is 36.2 Å². The molecular weight excluding hydrogens is 195 g/mol. The van der Waals surface area contributed by atoms with E-state index in [1.54, 1.807) is 7.11 Å². The second-order valence-corrected chi connectivity index (χ2v) is 3.34. The van der Waals surface area contributed by atoms with Gasteiger partial charge in [0.1, 0.15) is 11.6 Å². The van der Waals surface area contributed by atoms with Gasteiger partial charge in [-0.05, 0) is 23.8 Å². The fourth-order valence-corrected chi connectivity index (χ4v) is 1.34. The van der Waals surface area contributed by atoms with E-state index in [1.807, 2.05) is 31.2 Å². The molecule has 0 aliphatic heterocycles. The zero-order chi connectivity index (χ0) is 11.3. The van der Waals surface area contributed by atoms with E-state index in [2.05, 4.69) is 0 Å². The zero-order valence-corrected chi connectivity index (χ0v) is 8.90. The van der Waals surface area contributed by atoms with Crippen molar-refractivity contribution in [1.82, 2.24) is 0 Å². The van der Waals surface area contributed by atoms with Gasteiger partial charge in [-0.25, -0.2) is 4.39 Å². The number of hydrogen-bond donors (Lipinski definition) is 1. The first-order valence-corrected chi connectivity index (χ1v) is 4.78. The number of methoxy groups -OCH3 is 1. The number of aliphatic hydroxyl groups excluding tert-OH is 1. The Morgan fingerprint density at radius 2 is 2.33 bits per heavy atom. The molecule has 0 bridgehead atoms. The number of aliphatic hydroxyl groups is 1. The molecule has 0 aliphatic rings. The third-order valence-electron chi connectivity index (χ3n) is 2.20. The van der Waals surface area contributed by atoms with Crippen LogP contribution in [0, 0.1) is 0 Å². The van der Waals surface area contributed by atoms with Crippen LogP contribution in [0.5, 0.6) is 5.75 Å². The highest BCUT2D eigenvalue weighted by molar-refractivity contribution is 5.32. The van der Waals surface area contributed by atoms with Crippen LogP contribution in [0.1, 0.15) is 18.4 Å². The Labute approximate surface area is 89.0 Å². The quantitative estimate of drug-likeness (QED) is 0.827. The summed E-state index contributed by atoms with van der Waals surface area (Å²) in [5.41, 5.74) is 0.956. The van der Waals surface area contributed by atoms with Crippen molar-refractivity contribution in [3.05, 3.63) is 41.7 Å². The minimum Gasteiger partial charge on any atom is -0.497 e. The van der Waals surface area contributed by atoms with Crippen molar-refractivity contribution >= 4 is 0 Å². The highest BCUT2D eigenvalue weighted by atomic mass is 19.1. The van der Waals surface area contributed by atoms with Crippen LogP contribution in [0.25, 0.3) is 0 Å². The summed E-state index contributed by atoms with van der Waals surface area (Å²) in [4.78, 5) is 0. The highest BCUT2D eigenvalue weighted by Gasteiger charge is 2.05. The SMILES string of the molecule is COc1cccc(C(C)/C=C(\F)CO)c1. The van der Waals surface area contributed by atoms with E-state index >= 15 is 0 Å². The molecule has 0 saturated carbocycles. The standard InChI is InChI=1S/C12H15FO2/c1-9(6-11(13)8-14)10-4-3-5-12(7-10)15-2/h3-7,9,14H,8H2,1-2H3/b11-6-. The summed E-state index contributed by atoms with van der Waals surface area (Å²) in [6.45, 7) is 1.32. The fourth-order valence-electron chi connectivity index (χ4n) is 1.34. The Bertz CT molecular complexity index is 347. The monoisotopic (exact) mass is 210 g/mol. The molecule has 1 atom stereocenters. The normalized spacial score (nSPS) is 13.7. The molecule has 1 unspecified atom stereocenters. The number of halogens is 1. The van der Waals surface area contributed by atoms with Crippen molar-refractivity contribution < 1.29 is 14.2 Å². The summed E-state index contributed by atoms with van der Waals surface area (Å²) in [6.07, 6.45) is 1.40. The summed E-state index contributed by atoms with van der Waals surface area (Å²) in [5, 5.41) is 8.56. The molecular formula is C12H15FO2. The van der Waals surface area contributed by atoms with Crippen LogP contribution >= 0.6 is 0 Å². The first-order chi connectivity index (χ1) is 7.17. The van der Waals surface area contributed by atoms with Gasteiger partial charge in [-0.1, -0.05) is 19.1 Å². The van der Waals surface area contributed by atoms with Crippen LogP contribution in [-0.4, -0.2) is 18.8 Å². The molecule has 2 nitrogen and oxygen atoms in total. The van der Waals surface area contributed by atoms with E-state index in [-0.39, 0.29) is 5.92 Å². The number of ether oxygens (including phenoxy) is 1. The van der Waals surface area contributed by atoms with Crippen LogP contribution in [0.2, 0.25) is 0 Å². The van der Waals surface area contributed by atoms with Crippen molar-refractivity contribution in [2.24, 2.45) is 0 Å². The third-order valence-corrected chi connectivity index (χ3v) is 2.20. The molecule has 15 heavy (non-hydrogen) atoms. The smallest absolute Gasteiger partial charge is 0.122 e. The second-order valence-electron chi connectivity index (χ2n) is 3.34. The van der Waals surface area contributed by atoms with Crippen molar-refractivity contribution in [2.45, 2.75) is 12.8 Å². The Hall–Kier alpha value is -1.35. The van der Waals surface area contributed by atoms with Gasteiger partial charge in [-0.15, -0.1) is 0 Å². The Morgan fingerprint density at radius 1 is 1.60 bits per heavy atom. The molecule has 0 aliphatic carbocycles. The average Bonchev–Trinajstić information content (AvgIpc) is 2.28. The van der Waals surface area contributed by atoms with E-state index in [0.29, 0.717) is 0 Å². The number of rotatable bonds is 4. The van der Waals surface area contributed by atoms with E-state index < -0.39 is 12.4 Å². The van der Waals surface area contributed by atoms with Crippen molar-refractivity contribution in [3.63, 3.8) is 0 Å². The fraction of sp³-hybridized carbons (Fsp3) is 0.333. The largest absolute Gasteiger partial charge is 0.497 e. The molecule has 0 amide bonds. The zero-order valence-electron chi connectivity index (χ0n) is 8.90. The van der Waals surface area contributed by atoms with Gasteiger partial charge in [0.05, 0.1) is 13.7 Å². The van der Waals surface area contributed by atoms with Gasteiger partial charge in [-0.2, -0.15) is 0 Å². The average molecular weight is 210 g/mol. The minimum absolute atomic E-state index is 0.0766. The highest BCUT2D eigenvalue weighted by Crippen LogP contribution is 2.22. The first kappa shape index (κ1) is 11.7. The van der Waals surface area contributed by atoms with E-state index in [1.165, 1.54) is 6.08 Å². The molecule has 0 spiro atoms. The maximum Gasteiger partial charge on any atom is 0.122 e. The molecule has 3 heteroatoms. The second kappa shape index (κ2) is 5.51. The van der Waals surface area contributed by atoms with Gasteiger partial charge in [0, 0.05) is 5.92 Å². The Balaban J connectivity index is 2.86.